The number of halogens is 1. The van der Waals surface area contributed by atoms with Gasteiger partial charge in [-0.2, -0.15) is 0 Å². The number of carbonyl (C=O) groups is 2. The van der Waals surface area contributed by atoms with Crippen LogP contribution in [0.3, 0.4) is 0 Å². The third-order valence-electron chi connectivity index (χ3n) is 2.80. The zero-order valence-corrected chi connectivity index (χ0v) is 12.5. The van der Waals surface area contributed by atoms with Crippen LogP contribution in [0.2, 0.25) is 0 Å². The molecule has 0 bridgehead atoms. The molecule has 0 spiro atoms. The van der Waals surface area contributed by atoms with E-state index >= 15 is 0 Å². The molecule has 0 aliphatic heterocycles. The SMILES string of the molecule is Cc1ccc(NC(=O)CSc2ncccc2C(=O)O)cc1F. The Hall–Kier alpha value is -2.41. The number of rotatable bonds is 5. The molecule has 0 saturated heterocycles. The van der Waals surface area contributed by atoms with Gasteiger partial charge in [-0.05, 0) is 36.8 Å². The number of carboxylic acids is 1. The molecule has 1 amide bonds. The van der Waals surface area contributed by atoms with E-state index in [0.717, 1.165) is 11.8 Å². The molecule has 114 valence electrons. The third-order valence-corrected chi connectivity index (χ3v) is 3.80. The van der Waals surface area contributed by atoms with Gasteiger partial charge in [0.05, 0.1) is 11.3 Å². The molecule has 1 heterocycles. The number of nitrogens with one attached hydrogen (secondary N) is 1. The van der Waals surface area contributed by atoms with Gasteiger partial charge < -0.3 is 10.4 Å². The number of benzene rings is 1. The van der Waals surface area contributed by atoms with E-state index in [2.05, 4.69) is 10.3 Å². The van der Waals surface area contributed by atoms with Crippen LogP contribution in [-0.2, 0) is 4.79 Å². The topological polar surface area (TPSA) is 79.3 Å². The summed E-state index contributed by atoms with van der Waals surface area (Å²) >= 11 is 1.01. The van der Waals surface area contributed by atoms with Gasteiger partial charge >= 0.3 is 5.97 Å². The van der Waals surface area contributed by atoms with Crippen molar-refractivity contribution >= 4 is 29.3 Å². The van der Waals surface area contributed by atoms with Gasteiger partial charge in [0.15, 0.2) is 0 Å². The predicted molar refractivity (Wildman–Crippen MR) is 81.7 cm³/mol. The fourth-order valence-electron chi connectivity index (χ4n) is 1.67. The molecule has 0 fully saturated rings. The number of aromatic carboxylic acids is 1. The van der Waals surface area contributed by atoms with E-state index in [1.807, 2.05) is 0 Å². The van der Waals surface area contributed by atoms with Crippen LogP contribution in [0.5, 0.6) is 0 Å². The van der Waals surface area contributed by atoms with Crippen molar-refractivity contribution in [3.05, 3.63) is 53.5 Å². The maximum absolute atomic E-state index is 13.4. The monoisotopic (exact) mass is 320 g/mol. The minimum Gasteiger partial charge on any atom is -0.478 e. The summed E-state index contributed by atoms with van der Waals surface area (Å²) in [6, 6.07) is 7.35. The average molecular weight is 320 g/mol. The van der Waals surface area contributed by atoms with Gasteiger partial charge in [-0.3, -0.25) is 4.79 Å². The fourth-order valence-corrected chi connectivity index (χ4v) is 2.46. The Bertz CT molecular complexity index is 722. The van der Waals surface area contributed by atoms with Crippen LogP contribution in [0.15, 0.2) is 41.6 Å². The second-order valence-electron chi connectivity index (χ2n) is 4.46. The minimum atomic E-state index is -1.10. The predicted octanol–water partition coefficient (Wildman–Crippen LogP) is 2.96. The normalized spacial score (nSPS) is 10.3. The molecular weight excluding hydrogens is 307 g/mol. The molecule has 22 heavy (non-hydrogen) atoms. The number of pyridine rings is 1. The maximum Gasteiger partial charge on any atom is 0.338 e. The summed E-state index contributed by atoms with van der Waals surface area (Å²) in [4.78, 5) is 26.8. The summed E-state index contributed by atoms with van der Waals surface area (Å²) in [7, 11) is 0. The highest BCUT2D eigenvalue weighted by molar-refractivity contribution is 8.00. The zero-order chi connectivity index (χ0) is 16.1. The van der Waals surface area contributed by atoms with Crippen molar-refractivity contribution in [2.45, 2.75) is 11.9 Å². The standard InChI is InChI=1S/C15H13FN2O3S/c1-9-4-5-10(7-12(9)16)18-13(19)8-22-14-11(15(20)21)3-2-6-17-14/h2-7H,8H2,1H3,(H,18,19)(H,20,21). The van der Waals surface area contributed by atoms with Gasteiger partial charge in [-0.25, -0.2) is 14.2 Å². The first-order valence-electron chi connectivity index (χ1n) is 6.34. The van der Waals surface area contributed by atoms with E-state index in [4.69, 9.17) is 5.11 Å². The van der Waals surface area contributed by atoms with Gasteiger partial charge in [-0.1, -0.05) is 17.8 Å². The van der Waals surface area contributed by atoms with Crippen LogP contribution in [0.1, 0.15) is 15.9 Å². The highest BCUT2D eigenvalue weighted by Crippen LogP contribution is 2.20. The van der Waals surface area contributed by atoms with Crippen LogP contribution in [0, 0.1) is 12.7 Å². The molecule has 1 aromatic heterocycles. The summed E-state index contributed by atoms with van der Waals surface area (Å²) in [5.41, 5.74) is 0.891. The van der Waals surface area contributed by atoms with Crippen molar-refractivity contribution in [1.29, 1.82) is 0 Å². The van der Waals surface area contributed by atoms with Gasteiger partial charge in [0.1, 0.15) is 10.8 Å². The molecular formula is C15H13FN2O3S. The number of carbonyl (C=O) groups excluding carboxylic acids is 1. The molecule has 2 rings (SSSR count). The largest absolute Gasteiger partial charge is 0.478 e. The quantitative estimate of drug-likeness (QED) is 0.828. The van der Waals surface area contributed by atoms with E-state index in [-0.39, 0.29) is 22.2 Å². The molecule has 2 aromatic rings. The second kappa shape index (κ2) is 7.04. The smallest absolute Gasteiger partial charge is 0.338 e. The molecule has 0 saturated carbocycles. The summed E-state index contributed by atoms with van der Waals surface area (Å²) in [5.74, 6) is -1.89. The Kier molecular flexibility index (Phi) is 5.11. The van der Waals surface area contributed by atoms with E-state index in [1.165, 1.54) is 24.4 Å². The lowest BCUT2D eigenvalue weighted by molar-refractivity contribution is -0.113. The maximum atomic E-state index is 13.4. The van der Waals surface area contributed by atoms with Crippen LogP contribution in [0.25, 0.3) is 0 Å². The van der Waals surface area contributed by atoms with Gasteiger partial charge in [-0.15, -0.1) is 0 Å². The lowest BCUT2D eigenvalue weighted by Gasteiger charge is -2.07. The first-order valence-corrected chi connectivity index (χ1v) is 7.33. The zero-order valence-electron chi connectivity index (χ0n) is 11.7. The Labute approximate surface area is 130 Å². The fraction of sp³-hybridized carbons (Fsp3) is 0.133. The molecule has 0 radical (unpaired) electrons. The molecule has 7 heteroatoms. The van der Waals surface area contributed by atoms with Crippen LogP contribution in [-0.4, -0.2) is 27.7 Å². The van der Waals surface area contributed by atoms with Crippen LogP contribution < -0.4 is 5.32 Å². The molecule has 2 N–H and O–H groups in total. The average Bonchev–Trinajstić information content (AvgIpc) is 2.49. The minimum absolute atomic E-state index is 0.0210. The van der Waals surface area contributed by atoms with Crippen molar-refractivity contribution in [3.8, 4) is 0 Å². The van der Waals surface area contributed by atoms with Gasteiger partial charge in [0.2, 0.25) is 5.91 Å². The second-order valence-corrected chi connectivity index (χ2v) is 5.43. The van der Waals surface area contributed by atoms with Crippen molar-refractivity contribution in [3.63, 3.8) is 0 Å². The number of anilines is 1. The highest BCUT2D eigenvalue weighted by atomic mass is 32.2. The van der Waals surface area contributed by atoms with Crippen LogP contribution >= 0.6 is 11.8 Å². The lowest BCUT2D eigenvalue weighted by Crippen LogP contribution is -2.14. The van der Waals surface area contributed by atoms with E-state index < -0.39 is 11.8 Å². The summed E-state index contributed by atoms with van der Waals surface area (Å²) < 4.78 is 13.4. The van der Waals surface area contributed by atoms with Crippen LogP contribution in [0.4, 0.5) is 10.1 Å². The molecule has 0 atom stereocenters. The number of hydrogen-bond acceptors (Lipinski definition) is 4. The first kappa shape index (κ1) is 16.0. The van der Waals surface area contributed by atoms with Crippen molar-refractivity contribution in [2.75, 3.05) is 11.1 Å². The molecule has 0 aliphatic rings. The highest BCUT2D eigenvalue weighted by Gasteiger charge is 2.13. The number of aryl methyl sites for hydroxylation is 1. The number of hydrogen-bond donors (Lipinski definition) is 2. The molecule has 0 aliphatic carbocycles. The number of thioether (sulfide) groups is 1. The Morgan fingerprint density at radius 2 is 2.14 bits per heavy atom. The number of nitrogens with zero attached hydrogens (tertiary/aromatic N) is 1. The van der Waals surface area contributed by atoms with E-state index in [0.29, 0.717) is 11.3 Å². The Morgan fingerprint density at radius 1 is 1.36 bits per heavy atom. The van der Waals surface area contributed by atoms with Gasteiger partial charge in [0.25, 0.3) is 0 Å². The lowest BCUT2D eigenvalue weighted by atomic mass is 10.2. The van der Waals surface area contributed by atoms with E-state index in [1.54, 1.807) is 19.1 Å². The van der Waals surface area contributed by atoms with Crippen molar-refractivity contribution < 1.29 is 19.1 Å². The summed E-state index contributed by atoms with van der Waals surface area (Å²) in [6.07, 6.45) is 1.46. The van der Waals surface area contributed by atoms with Crippen molar-refractivity contribution in [1.82, 2.24) is 4.98 Å². The summed E-state index contributed by atoms with van der Waals surface area (Å²) in [5, 5.41) is 11.8. The molecule has 5 nitrogen and oxygen atoms in total. The third kappa shape index (κ3) is 4.05. The first-order chi connectivity index (χ1) is 10.5. The molecule has 1 aromatic carbocycles. The number of amides is 1. The number of carboxylic acid groups (broad SMARTS) is 1. The van der Waals surface area contributed by atoms with Gasteiger partial charge in [0, 0.05) is 11.9 Å². The van der Waals surface area contributed by atoms with Crippen molar-refractivity contribution in [2.24, 2.45) is 0 Å². The number of aromatic nitrogens is 1. The Balaban J connectivity index is 1.98. The Morgan fingerprint density at radius 3 is 2.82 bits per heavy atom. The van der Waals surface area contributed by atoms with E-state index in [9.17, 15) is 14.0 Å². The molecule has 0 unspecified atom stereocenters. The summed E-state index contributed by atoms with van der Waals surface area (Å²) in [6.45, 7) is 1.63.